The fourth-order valence-corrected chi connectivity index (χ4v) is 5.97. The molecular weight excluding hydrogens is 501 g/mol. The minimum absolute atomic E-state index is 0.0976. The lowest BCUT2D eigenvalue weighted by molar-refractivity contribution is -0.141. The summed E-state index contributed by atoms with van der Waals surface area (Å²) in [4.78, 5) is 48.7. The van der Waals surface area contributed by atoms with Crippen LogP contribution in [0.5, 0.6) is 0 Å². The van der Waals surface area contributed by atoms with Crippen molar-refractivity contribution in [2.24, 2.45) is 0 Å². The molecule has 39 heavy (non-hydrogen) atoms. The Morgan fingerprint density at radius 2 is 1.97 bits per heavy atom. The Labute approximate surface area is 225 Å². The Hall–Kier alpha value is -4.21. The number of anilines is 2. The molecule has 6 rings (SSSR count). The number of halogens is 1. The molecule has 1 saturated heterocycles. The molecule has 3 amide bonds. The molecular formula is C29H30FN5O4. The number of ether oxygens (including phenoxy) is 1. The van der Waals surface area contributed by atoms with Crippen LogP contribution in [0.15, 0.2) is 42.6 Å². The molecule has 0 radical (unpaired) electrons. The minimum Gasteiger partial charge on any atom is -0.436 e. The van der Waals surface area contributed by atoms with Crippen LogP contribution in [-0.4, -0.2) is 45.9 Å². The number of likely N-dealkylation sites (tertiary alicyclic amines) is 1. The van der Waals surface area contributed by atoms with Gasteiger partial charge >= 0.3 is 6.09 Å². The van der Waals surface area contributed by atoms with Crippen molar-refractivity contribution in [3.63, 3.8) is 0 Å². The van der Waals surface area contributed by atoms with E-state index in [0.29, 0.717) is 67.1 Å². The van der Waals surface area contributed by atoms with Crippen LogP contribution in [0.1, 0.15) is 61.4 Å². The monoisotopic (exact) mass is 531 g/mol. The van der Waals surface area contributed by atoms with Gasteiger partial charge < -0.3 is 19.9 Å². The van der Waals surface area contributed by atoms with Gasteiger partial charge in [-0.3, -0.25) is 14.9 Å². The number of carbonyl (C=O) groups excluding carboxylic acids is 3. The normalized spacial score (nSPS) is 22.9. The summed E-state index contributed by atoms with van der Waals surface area (Å²) in [5.41, 5.74) is 3.26. The van der Waals surface area contributed by atoms with Crippen LogP contribution >= 0.6 is 0 Å². The lowest BCUT2D eigenvalue weighted by Gasteiger charge is -2.45. The van der Waals surface area contributed by atoms with Crippen LogP contribution in [-0.2, 0) is 19.9 Å². The van der Waals surface area contributed by atoms with Crippen LogP contribution in [0.4, 0.5) is 20.6 Å². The fourth-order valence-electron chi connectivity index (χ4n) is 5.97. The smallest absolute Gasteiger partial charge is 0.412 e. The van der Waals surface area contributed by atoms with Gasteiger partial charge in [0.1, 0.15) is 11.6 Å². The summed E-state index contributed by atoms with van der Waals surface area (Å²) in [7, 11) is 0. The number of H-pyrrole nitrogens is 1. The van der Waals surface area contributed by atoms with Crippen LogP contribution in [0, 0.1) is 12.7 Å². The SMILES string of the molecule is Cc1ccc2c(c1)[C@@]1(CCCN(C(=O)C3CCCCC(=O)Nc4cc(F)ccc4-c4cnc3[nH]4)C1)OC(=O)N2. The highest BCUT2D eigenvalue weighted by atomic mass is 19.1. The molecule has 1 aromatic heterocycles. The number of fused-ring (bicyclic) bond motifs is 6. The van der Waals surface area contributed by atoms with E-state index >= 15 is 0 Å². The number of benzene rings is 2. The Balaban J connectivity index is 1.33. The Morgan fingerprint density at radius 1 is 1.10 bits per heavy atom. The Morgan fingerprint density at radius 3 is 2.85 bits per heavy atom. The van der Waals surface area contributed by atoms with Crippen LogP contribution in [0.2, 0.25) is 0 Å². The number of carbonyl (C=O) groups is 3. The third kappa shape index (κ3) is 4.75. The Bertz CT molecular complexity index is 1470. The number of nitrogens with zero attached hydrogens (tertiary/aromatic N) is 2. The highest BCUT2D eigenvalue weighted by Gasteiger charge is 2.47. The Kier molecular flexibility index (Phi) is 6.32. The number of piperidine rings is 1. The van der Waals surface area contributed by atoms with Gasteiger partial charge in [0.2, 0.25) is 11.8 Å². The molecule has 1 unspecified atom stereocenters. The van der Waals surface area contributed by atoms with Gasteiger partial charge in [0, 0.05) is 24.1 Å². The van der Waals surface area contributed by atoms with E-state index in [4.69, 9.17) is 4.74 Å². The first-order valence-electron chi connectivity index (χ1n) is 13.4. The van der Waals surface area contributed by atoms with Crippen molar-refractivity contribution in [1.29, 1.82) is 0 Å². The first kappa shape index (κ1) is 25.1. The third-order valence-corrected chi connectivity index (χ3v) is 7.87. The fraction of sp³-hybridized carbons (Fsp3) is 0.379. The highest BCUT2D eigenvalue weighted by molar-refractivity contribution is 5.95. The van der Waals surface area contributed by atoms with E-state index in [1.54, 1.807) is 17.2 Å². The molecule has 0 aliphatic carbocycles. The summed E-state index contributed by atoms with van der Waals surface area (Å²) >= 11 is 0. The molecule has 2 bridgehead atoms. The zero-order chi connectivity index (χ0) is 27.1. The molecule has 9 nitrogen and oxygen atoms in total. The second-order valence-corrected chi connectivity index (χ2v) is 10.6. The second-order valence-electron chi connectivity index (χ2n) is 10.6. The van der Waals surface area contributed by atoms with E-state index in [9.17, 15) is 18.8 Å². The minimum atomic E-state index is -0.918. The predicted molar refractivity (Wildman–Crippen MR) is 143 cm³/mol. The van der Waals surface area contributed by atoms with Crippen LogP contribution < -0.4 is 10.6 Å². The van der Waals surface area contributed by atoms with Crippen molar-refractivity contribution in [3.05, 3.63) is 65.4 Å². The van der Waals surface area contributed by atoms with Gasteiger partial charge in [-0.2, -0.15) is 0 Å². The molecule has 3 aliphatic heterocycles. The summed E-state index contributed by atoms with van der Waals surface area (Å²) in [5.74, 6) is -0.794. The van der Waals surface area contributed by atoms with Crippen molar-refractivity contribution in [3.8, 4) is 11.3 Å². The van der Waals surface area contributed by atoms with Gasteiger partial charge in [-0.15, -0.1) is 0 Å². The summed E-state index contributed by atoms with van der Waals surface area (Å²) in [6, 6.07) is 10.0. The number of imidazole rings is 1. The molecule has 3 aliphatic rings. The van der Waals surface area contributed by atoms with Gasteiger partial charge in [0.25, 0.3) is 0 Å². The lowest BCUT2D eigenvalue weighted by Crippen LogP contribution is -2.54. The van der Waals surface area contributed by atoms with E-state index in [1.807, 2.05) is 25.1 Å². The van der Waals surface area contributed by atoms with E-state index < -0.39 is 23.4 Å². The van der Waals surface area contributed by atoms with E-state index in [-0.39, 0.29) is 24.8 Å². The number of hydrogen-bond acceptors (Lipinski definition) is 5. The van der Waals surface area contributed by atoms with Crippen LogP contribution in [0.3, 0.4) is 0 Å². The molecule has 0 saturated carbocycles. The van der Waals surface area contributed by atoms with E-state index in [1.165, 1.54) is 12.1 Å². The number of hydrogen-bond donors (Lipinski definition) is 3. The molecule has 2 atom stereocenters. The maximum atomic E-state index is 14.1. The van der Waals surface area contributed by atoms with Crippen LogP contribution in [0.25, 0.3) is 11.3 Å². The largest absolute Gasteiger partial charge is 0.436 e. The average Bonchev–Trinajstić information content (AvgIpc) is 3.38. The zero-order valence-electron chi connectivity index (χ0n) is 21.7. The molecule has 10 heteroatoms. The van der Waals surface area contributed by atoms with Gasteiger partial charge in [-0.05, 0) is 62.9 Å². The number of aromatic amines is 1. The molecule has 3 aromatic rings. The molecule has 4 heterocycles. The number of aromatic nitrogens is 2. The van der Waals surface area contributed by atoms with Gasteiger partial charge in [0.05, 0.1) is 35.7 Å². The van der Waals surface area contributed by atoms with Crippen molar-refractivity contribution >= 4 is 29.3 Å². The molecule has 2 aromatic carbocycles. The summed E-state index contributed by atoms with van der Waals surface area (Å²) in [6.07, 6.45) is 4.39. The van der Waals surface area contributed by atoms with Gasteiger partial charge in [-0.25, -0.2) is 14.2 Å². The maximum absolute atomic E-state index is 14.1. The molecule has 202 valence electrons. The lowest BCUT2D eigenvalue weighted by atomic mass is 9.82. The first-order valence-corrected chi connectivity index (χ1v) is 13.4. The average molecular weight is 532 g/mol. The standard InChI is InChI=1S/C29H30FN5O4/c1-17-7-10-22-21(13-17)29(39-28(38)34-22)11-4-12-35(16-29)27(37)20-5-2-3-6-25(36)32-23-14-18(30)8-9-19(23)24-15-31-26(20)33-24/h7-10,13-15,20H,2-6,11-12,16H2,1H3,(H,31,33)(H,32,36)(H,34,38)/t20?,29-/m0/s1. The summed E-state index contributed by atoms with van der Waals surface area (Å²) in [5, 5.41) is 5.59. The molecule has 1 fully saturated rings. The maximum Gasteiger partial charge on any atom is 0.412 e. The highest BCUT2D eigenvalue weighted by Crippen LogP contribution is 2.43. The van der Waals surface area contributed by atoms with Gasteiger partial charge in [0.15, 0.2) is 5.60 Å². The number of nitrogens with one attached hydrogen (secondary N) is 3. The quantitative estimate of drug-likeness (QED) is 0.399. The van der Waals surface area contributed by atoms with Crippen molar-refractivity contribution in [1.82, 2.24) is 14.9 Å². The summed E-state index contributed by atoms with van der Waals surface area (Å²) < 4.78 is 19.9. The number of rotatable bonds is 1. The molecule has 3 N–H and O–H groups in total. The number of amides is 3. The topological polar surface area (TPSA) is 116 Å². The molecule has 1 spiro atoms. The van der Waals surface area contributed by atoms with E-state index in [0.717, 1.165) is 11.1 Å². The van der Waals surface area contributed by atoms with Crippen molar-refractivity contribution < 1.29 is 23.5 Å². The third-order valence-electron chi connectivity index (χ3n) is 7.87. The zero-order valence-corrected chi connectivity index (χ0v) is 21.7. The predicted octanol–water partition coefficient (Wildman–Crippen LogP) is 5.20. The van der Waals surface area contributed by atoms with Gasteiger partial charge in [-0.1, -0.05) is 18.1 Å². The van der Waals surface area contributed by atoms with Crippen molar-refractivity contribution in [2.45, 2.75) is 57.0 Å². The number of aryl methyl sites for hydroxylation is 1. The second kappa shape index (κ2) is 9.83. The van der Waals surface area contributed by atoms with Crippen molar-refractivity contribution in [2.75, 3.05) is 23.7 Å². The van der Waals surface area contributed by atoms with E-state index in [2.05, 4.69) is 20.6 Å². The summed E-state index contributed by atoms with van der Waals surface area (Å²) in [6.45, 7) is 2.79. The first-order chi connectivity index (χ1) is 18.8.